The molecule has 3 aromatic rings. The van der Waals surface area contributed by atoms with Crippen LogP contribution in [0.15, 0.2) is 61.4 Å². The van der Waals surface area contributed by atoms with Crippen LogP contribution >= 0.6 is 0 Å². The van der Waals surface area contributed by atoms with Crippen molar-refractivity contribution in [2.75, 3.05) is 0 Å². The Bertz CT molecular complexity index is 1110. The van der Waals surface area contributed by atoms with E-state index in [0.717, 1.165) is 34.5 Å². The van der Waals surface area contributed by atoms with E-state index in [0.29, 0.717) is 18.7 Å². The summed E-state index contributed by atoms with van der Waals surface area (Å²) in [6.07, 6.45) is 5.71. The zero-order valence-corrected chi connectivity index (χ0v) is 16.2. The van der Waals surface area contributed by atoms with Gasteiger partial charge < -0.3 is 4.90 Å². The molecule has 1 unspecified atom stereocenters. The van der Waals surface area contributed by atoms with Gasteiger partial charge in [-0.2, -0.15) is 10.4 Å². The molecule has 1 atom stereocenters. The lowest BCUT2D eigenvalue weighted by Crippen LogP contribution is -2.45. The van der Waals surface area contributed by atoms with E-state index in [2.05, 4.69) is 24.6 Å². The Labute approximate surface area is 169 Å². The van der Waals surface area contributed by atoms with E-state index in [1.165, 1.54) is 6.08 Å². The number of fused-ring (bicyclic) bond motifs is 1. The van der Waals surface area contributed by atoms with Crippen LogP contribution in [0.4, 0.5) is 0 Å². The molecule has 0 bridgehead atoms. The average molecular weight is 383 g/mol. The molecule has 1 amide bonds. The quantitative estimate of drug-likeness (QED) is 0.643. The minimum atomic E-state index is -0.0713. The highest BCUT2D eigenvalue weighted by atomic mass is 16.2. The smallest absolute Gasteiger partial charge is 0.246 e. The van der Waals surface area contributed by atoms with Gasteiger partial charge in [-0.3, -0.25) is 14.5 Å². The van der Waals surface area contributed by atoms with Crippen molar-refractivity contribution in [1.82, 2.24) is 19.7 Å². The van der Waals surface area contributed by atoms with Crippen LogP contribution < -0.4 is 0 Å². The lowest BCUT2D eigenvalue weighted by atomic mass is 9.97. The molecule has 1 aromatic carbocycles. The summed E-state index contributed by atoms with van der Waals surface area (Å²) in [4.78, 5) is 18.5. The summed E-state index contributed by atoms with van der Waals surface area (Å²) in [6.45, 7) is 6.82. The number of hydrogen-bond donors (Lipinski definition) is 0. The van der Waals surface area contributed by atoms with Gasteiger partial charge in [0.05, 0.1) is 36.5 Å². The topological polar surface area (TPSA) is 74.8 Å². The molecule has 2 aromatic heterocycles. The van der Waals surface area contributed by atoms with Crippen molar-refractivity contribution in [3.05, 3.63) is 72.7 Å². The van der Waals surface area contributed by atoms with E-state index < -0.39 is 0 Å². The lowest BCUT2D eigenvalue weighted by molar-refractivity contribution is -0.130. The van der Waals surface area contributed by atoms with Gasteiger partial charge in [-0.15, -0.1) is 0 Å². The summed E-state index contributed by atoms with van der Waals surface area (Å²) in [6, 6.07) is 13.6. The molecule has 0 fully saturated rings. The third-order valence-corrected chi connectivity index (χ3v) is 5.37. The molecule has 0 saturated carbocycles. The Morgan fingerprint density at radius 3 is 2.79 bits per heavy atom. The van der Waals surface area contributed by atoms with E-state index in [-0.39, 0.29) is 11.9 Å². The lowest BCUT2D eigenvalue weighted by Gasteiger charge is -2.35. The van der Waals surface area contributed by atoms with Crippen LogP contribution in [0.3, 0.4) is 0 Å². The number of benzene rings is 1. The minimum Gasteiger partial charge on any atom is -0.328 e. The molecule has 1 aliphatic rings. The third kappa shape index (κ3) is 3.32. The number of carbonyl (C=O) groups is 1. The molecular weight excluding hydrogens is 362 g/mol. The molecule has 144 valence electrons. The number of nitriles is 1. The van der Waals surface area contributed by atoms with Crippen molar-refractivity contribution in [3.8, 4) is 28.5 Å². The highest BCUT2D eigenvalue weighted by molar-refractivity contribution is 5.88. The van der Waals surface area contributed by atoms with Crippen LogP contribution in [0.2, 0.25) is 0 Å². The number of pyridine rings is 1. The Kier molecular flexibility index (Phi) is 4.96. The second kappa shape index (κ2) is 7.72. The Balaban J connectivity index is 1.92. The number of hydrogen-bond acceptors (Lipinski definition) is 4. The molecule has 6 heteroatoms. The maximum Gasteiger partial charge on any atom is 0.246 e. The van der Waals surface area contributed by atoms with Crippen molar-refractivity contribution in [2.24, 2.45) is 0 Å². The van der Waals surface area contributed by atoms with Crippen LogP contribution in [0, 0.1) is 11.3 Å². The Morgan fingerprint density at radius 1 is 1.31 bits per heavy atom. The molecule has 29 heavy (non-hydrogen) atoms. The summed E-state index contributed by atoms with van der Waals surface area (Å²) in [7, 11) is 0. The monoisotopic (exact) mass is 383 g/mol. The average Bonchev–Trinajstić information content (AvgIpc) is 3.16. The van der Waals surface area contributed by atoms with Gasteiger partial charge in [0.25, 0.3) is 0 Å². The number of aromatic nitrogens is 3. The largest absolute Gasteiger partial charge is 0.328 e. The van der Waals surface area contributed by atoms with Gasteiger partial charge in [0.15, 0.2) is 0 Å². The normalized spacial score (nSPS) is 15.4. The molecule has 0 spiro atoms. The highest BCUT2D eigenvalue weighted by Crippen LogP contribution is 2.37. The maximum absolute atomic E-state index is 12.5. The second-order valence-corrected chi connectivity index (χ2v) is 7.01. The fourth-order valence-corrected chi connectivity index (χ4v) is 3.88. The van der Waals surface area contributed by atoms with Gasteiger partial charge in [0, 0.05) is 23.5 Å². The first-order valence-electron chi connectivity index (χ1n) is 9.60. The van der Waals surface area contributed by atoms with Crippen molar-refractivity contribution >= 4 is 5.91 Å². The summed E-state index contributed by atoms with van der Waals surface area (Å²) in [5.74, 6) is -0.0713. The fraction of sp³-hybridized carbons (Fsp3) is 0.217. The van der Waals surface area contributed by atoms with Crippen LogP contribution in [0.5, 0.6) is 0 Å². The predicted molar refractivity (Wildman–Crippen MR) is 110 cm³/mol. The number of rotatable bonds is 4. The standard InChI is InChI=1S/C23H21N5O/c1-3-19-14-28-20(15-27(19)21(29)4-2)22(17-8-10-25-11-9-17)23(26-28)18-7-5-6-16(12-18)13-24/h4-12,19H,2-3,14-15H2,1H3. The predicted octanol–water partition coefficient (Wildman–Crippen LogP) is 3.79. The van der Waals surface area contributed by atoms with Gasteiger partial charge in [0.2, 0.25) is 5.91 Å². The minimum absolute atomic E-state index is 0.0662. The molecule has 3 heterocycles. The molecule has 1 aliphatic heterocycles. The maximum atomic E-state index is 12.5. The summed E-state index contributed by atoms with van der Waals surface area (Å²) >= 11 is 0. The Hall–Kier alpha value is -3.72. The Morgan fingerprint density at radius 2 is 2.10 bits per heavy atom. The molecule has 0 radical (unpaired) electrons. The summed E-state index contributed by atoms with van der Waals surface area (Å²) in [5.41, 5.74) is 5.22. The van der Waals surface area contributed by atoms with E-state index in [4.69, 9.17) is 5.10 Å². The van der Waals surface area contributed by atoms with E-state index in [1.807, 2.05) is 39.9 Å². The van der Waals surface area contributed by atoms with Gasteiger partial charge in [-0.25, -0.2) is 0 Å². The first-order chi connectivity index (χ1) is 14.2. The van der Waals surface area contributed by atoms with E-state index in [1.54, 1.807) is 18.5 Å². The molecule has 6 nitrogen and oxygen atoms in total. The fourth-order valence-electron chi connectivity index (χ4n) is 3.88. The summed E-state index contributed by atoms with van der Waals surface area (Å²) < 4.78 is 2.01. The molecule has 0 N–H and O–H groups in total. The van der Waals surface area contributed by atoms with Gasteiger partial charge in [-0.05, 0) is 42.3 Å². The van der Waals surface area contributed by atoms with Crippen molar-refractivity contribution < 1.29 is 4.79 Å². The first kappa shape index (κ1) is 18.6. The molecule has 4 rings (SSSR count). The van der Waals surface area contributed by atoms with Crippen LogP contribution in [-0.4, -0.2) is 31.6 Å². The van der Waals surface area contributed by atoms with Crippen molar-refractivity contribution in [3.63, 3.8) is 0 Å². The van der Waals surface area contributed by atoms with E-state index in [9.17, 15) is 10.1 Å². The van der Waals surface area contributed by atoms with Gasteiger partial charge >= 0.3 is 0 Å². The van der Waals surface area contributed by atoms with E-state index >= 15 is 0 Å². The van der Waals surface area contributed by atoms with Crippen LogP contribution in [0.25, 0.3) is 22.4 Å². The molecular formula is C23H21N5O. The van der Waals surface area contributed by atoms with Crippen molar-refractivity contribution in [1.29, 1.82) is 5.26 Å². The second-order valence-electron chi connectivity index (χ2n) is 7.01. The first-order valence-corrected chi connectivity index (χ1v) is 9.60. The third-order valence-electron chi connectivity index (χ3n) is 5.37. The number of nitrogens with zero attached hydrogens (tertiary/aromatic N) is 5. The summed E-state index contributed by atoms with van der Waals surface area (Å²) in [5, 5.41) is 14.2. The highest BCUT2D eigenvalue weighted by Gasteiger charge is 2.32. The SMILES string of the molecule is C=CC(=O)N1Cc2c(-c3ccncc3)c(-c3cccc(C#N)c3)nn2CC1CC. The molecule has 0 saturated heterocycles. The van der Waals surface area contributed by atoms with Crippen LogP contribution in [0.1, 0.15) is 24.6 Å². The van der Waals surface area contributed by atoms with Gasteiger partial charge in [-0.1, -0.05) is 25.6 Å². The van der Waals surface area contributed by atoms with Crippen LogP contribution in [-0.2, 0) is 17.9 Å². The zero-order valence-electron chi connectivity index (χ0n) is 16.2. The zero-order chi connectivity index (χ0) is 20.4. The number of carbonyl (C=O) groups excluding carboxylic acids is 1. The van der Waals surface area contributed by atoms with Gasteiger partial charge in [0.1, 0.15) is 5.69 Å². The van der Waals surface area contributed by atoms with Crippen molar-refractivity contribution in [2.45, 2.75) is 32.5 Å². The molecule has 0 aliphatic carbocycles. The number of amides is 1.